The van der Waals surface area contributed by atoms with Gasteiger partial charge in [0, 0.05) is 24.2 Å². The predicted molar refractivity (Wildman–Crippen MR) is 121 cm³/mol. The zero-order chi connectivity index (χ0) is 20.3. The van der Waals surface area contributed by atoms with Crippen LogP contribution in [0.4, 0.5) is 0 Å². The fourth-order valence-electron chi connectivity index (χ4n) is 4.15. The van der Waals surface area contributed by atoms with Gasteiger partial charge in [0.15, 0.2) is 0 Å². The SMILES string of the molecule is Cc1cc(C2=CCNCC2)ccc1-c1nnc(-c2ccc(C3=CCNCC3)cc2)o1. The van der Waals surface area contributed by atoms with Gasteiger partial charge in [-0.2, -0.15) is 0 Å². The van der Waals surface area contributed by atoms with Crippen LogP contribution in [0.1, 0.15) is 29.5 Å². The van der Waals surface area contributed by atoms with E-state index in [1.54, 1.807) is 0 Å². The molecule has 0 radical (unpaired) electrons. The first-order valence-electron chi connectivity index (χ1n) is 10.6. The Labute approximate surface area is 176 Å². The average molecular weight is 399 g/mol. The first-order valence-corrected chi connectivity index (χ1v) is 10.6. The zero-order valence-electron chi connectivity index (χ0n) is 17.2. The van der Waals surface area contributed by atoms with Crippen LogP contribution < -0.4 is 10.6 Å². The molecule has 0 saturated heterocycles. The van der Waals surface area contributed by atoms with Gasteiger partial charge >= 0.3 is 0 Å². The minimum Gasteiger partial charge on any atom is -0.416 e. The standard InChI is InChI=1S/C25H26N4O/c1-17-16-22(20-10-14-27-15-11-20)6-7-23(17)25-29-28-24(30-25)21-4-2-18(3-5-21)19-8-12-26-13-9-19/h2-8,10,16,26-27H,9,11-15H2,1H3. The summed E-state index contributed by atoms with van der Waals surface area (Å²) in [5, 5.41) is 15.3. The van der Waals surface area contributed by atoms with Crippen molar-refractivity contribution in [2.24, 2.45) is 0 Å². The number of aromatic nitrogens is 2. The van der Waals surface area contributed by atoms with E-state index in [9.17, 15) is 0 Å². The van der Waals surface area contributed by atoms with Gasteiger partial charge in [-0.15, -0.1) is 10.2 Å². The largest absolute Gasteiger partial charge is 0.416 e. The monoisotopic (exact) mass is 398 g/mol. The third kappa shape index (κ3) is 3.86. The number of rotatable bonds is 4. The number of nitrogens with one attached hydrogen (secondary N) is 2. The van der Waals surface area contributed by atoms with E-state index in [0.29, 0.717) is 11.8 Å². The van der Waals surface area contributed by atoms with Crippen LogP contribution in [-0.4, -0.2) is 36.4 Å². The Balaban J connectivity index is 1.37. The van der Waals surface area contributed by atoms with Gasteiger partial charge in [0.1, 0.15) is 0 Å². The zero-order valence-corrected chi connectivity index (χ0v) is 17.2. The highest BCUT2D eigenvalue weighted by Gasteiger charge is 2.15. The summed E-state index contributed by atoms with van der Waals surface area (Å²) in [6, 6.07) is 14.9. The van der Waals surface area contributed by atoms with E-state index in [1.165, 1.54) is 22.3 Å². The molecule has 0 spiro atoms. The highest BCUT2D eigenvalue weighted by molar-refractivity contribution is 5.72. The summed E-state index contributed by atoms with van der Waals surface area (Å²) < 4.78 is 6.04. The van der Waals surface area contributed by atoms with Crippen molar-refractivity contribution in [1.29, 1.82) is 0 Å². The Morgan fingerprint density at radius 3 is 1.97 bits per heavy atom. The molecule has 3 heterocycles. The third-order valence-corrected chi connectivity index (χ3v) is 5.88. The summed E-state index contributed by atoms with van der Waals surface area (Å²) in [6.07, 6.45) is 6.65. The smallest absolute Gasteiger partial charge is 0.248 e. The van der Waals surface area contributed by atoms with Gasteiger partial charge in [0.05, 0.1) is 0 Å². The van der Waals surface area contributed by atoms with Gasteiger partial charge in [0.25, 0.3) is 0 Å². The topological polar surface area (TPSA) is 63.0 Å². The van der Waals surface area contributed by atoms with Gasteiger partial charge in [0.2, 0.25) is 11.8 Å². The molecule has 5 heteroatoms. The molecule has 0 atom stereocenters. The summed E-state index contributed by atoms with van der Waals surface area (Å²) in [6.45, 7) is 6.05. The summed E-state index contributed by atoms with van der Waals surface area (Å²) in [5.74, 6) is 1.12. The van der Waals surface area contributed by atoms with E-state index in [2.05, 4.69) is 82.4 Å². The number of nitrogens with zero attached hydrogens (tertiary/aromatic N) is 2. The van der Waals surface area contributed by atoms with Crippen LogP contribution in [0.15, 0.2) is 59.0 Å². The fraction of sp³-hybridized carbons (Fsp3) is 0.280. The maximum Gasteiger partial charge on any atom is 0.248 e. The lowest BCUT2D eigenvalue weighted by molar-refractivity contribution is 0.584. The molecule has 1 aromatic heterocycles. The molecule has 0 amide bonds. The summed E-state index contributed by atoms with van der Waals surface area (Å²) in [7, 11) is 0. The lowest BCUT2D eigenvalue weighted by Gasteiger charge is -2.15. The fourth-order valence-corrected chi connectivity index (χ4v) is 4.15. The van der Waals surface area contributed by atoms with Gasteiger partial charge < -0.3 is 15.1 Å². The molecule has 5 nitrogen and oxygen atoms in total. The summed E-state index contributed by atoms with van der Waals surface area (Å²) in [4.78, 5) is 0. The highest BCUT2D eigenvalue weighted by atomic mass is 16.4. The molecule has 0 aliphatic carbocycles. The minimum absolute atomic E-state index is 0.556. The molecular weight excluding hydrogens is 372 g/mol. The normalized spacial score (nSPS) is 16.8. The van der Waals surface area contributed by atoms with E-state index < -0.39 is 0 Å². The predicted octanol–water partition coefficient (Wildman–Crippen LogP) is 4.47. The molecule has 0 unspecified atom stereocenters. The van der Waals surface area contributed by atoms with Gasteiger partial charge in [-0.1, -0.05) is 36.4 Å². The van der Waals surface area contributed by atoms with Crippen molar-refractivity contribution < 1.29 is 4.42 Å². The quantitative estimate of drug-likeness (QED) is 0.679. The molecule has 2 aliphatic heterocycles. The Bertz CT molecular complexity index is 1110. The van der Waals surface area contributed by atoms with Crippen LogP contribution in [-0.2, 0) is 0 Å². The molecule has 0 saturated carbocycles. The highest BCUT2D eigenvalue weighted by Crippen LogP contribution is 2.30. The Hall–Kier alpha value is -3.02. The van der Waals surface area contributed by atoms with Crippen LogP contribution in [0, 0.1) is 6.92 Å². The maximum absolute atomic E-state index is 6.04. The second-order valence-electron chi connectivity index (χ2n) is 7.89. The summed E-state index contributed by atoms with van der Waals surface area (Å²) >= 11 is 0. The molecule has 2 aliphatic rings. The van der Waals surface area contributed by atoms with Crippen molar-refractivity contribution in [3.8, 4) is 22.9 Å². The van der Waals surface area contributed by atoms with E-state index in [1.807, 2.05) is 0 Å². The maximum atomic E-state index is 6.04. The Kier molecular flexibility index (Phi) is 5.30. The molecule has 0 bridgehead atoms. The average Bonchev–Trinajstić information content (AvgIpc) is 3.30. The van der Waals surface area contributed by atoms with Gasteiger partial charge in [-0.05, 0) is 78.9 Å². The molecule has 3 aromatic rings. The van der Waals surface area contributed by atoms with Crippen molar-refractivity contribution in [3.63, 3.8) is 0 Å². The van der Waals surface area contributed by atoms with E-state index in [4.69, 9.17) is 4.42 Å². The molecule has 5 rings (SSSR count). The molecule has 152 valence electrons. The molecule has 30 heavy (non-hydrogen) atoms. The molecule has 2 N–H and O–H groups in total. The number of hydrogen-bond acceptors (Lipinski definition) is 5. The first kappa shape index (κ1) is 19.0. The lowest BCUT2D eigenvalue weighted by atomic mass is 9.96. The number of benzene rings is 2. The van der Waals surface area contributed by atoms with Crippen LogP contribution in [0.25, 0.3) is 34.1 Å². The Morgan fingerprint density at radius 1 is 0.733 bits per heavy atom. The van der Waals surface area contributed by atoms with Crippen molar-refractivity contribution in [1.82, 2.24) is 20.8 Å². The van der Waals surface area contributed by atoms with E-state index in [0.717, 1.165) is 55.7 Å². The van der Waals surface area contributed by atoms with Crippen molar-refractivity contribution in [2.75, 3.05) is 26.2 Å². The Morgan fingerprint density at radius 2 is 1.33 bits per heavy atom. The van der Waals surface area contributed by atoms with Crippen LogP contribution in [0.2, 0.25) is 0 Å². The lowest BCUT2D eigenvalue weighted by Crippen LogP contribution is -2.20. The van der Waals surface area contributed by atoms with E-state index >= 15 is 0 Å². The second kappa shape index (κ2) is 8.38. The third-order valence-electron chi connectivity index (χ3n) is 5.88. The molecule has 0 fully saturated rings. The van der Waals surface area contributed by atoms with Crippen molar-refractivity contribution in [3.05, 3.63) is 71.3 Å². The van der Waals surface area contributed by atoms with Crippen LogP contribution in [0.3, 0.4) is 0 Å². The van der Waals surface area contributed by atoms with Crippen molar-refractivity contribution >= 4 is 11.1 Å². The first-order chi connectivity index (χ1) is 14.8. The second-order valence-corrected chi connectivity index (χ2v) is 7.89. The molecular formula is C25H26N4O. The number of hydrogen-bond donors (Lipinski definition) is 2. The molecule has 2 aromatic carbocycles. The van der Waals surface area contributed by atoms with Gasteiger partial charge in [-0.25, -0.2) is 0 Å². The van der Waals surface area contributed by atoms with Gasteiger partial charge in [-0.3, -0.25) is 0 Å². The van der Waals surface area contributed by atoms with Crippen LogP contribution in [0.5, 0.6) is 0 Å². The van der Waals surface area contributed by atoms with Crippen molar-refractivity contribution in [2.45, 2.75) is 19.8 Å². The van der Waals surface area contributed by atoms with Crippen LogP contribution >= 0.6 is 0 Å². The minimum atomic E-state index is 0.556. The summed E-state index contributed by atoms with van der Waals surface area (Å²) in [5.41, 5.74) is 8.42. The number of aryl methyl sites for hydroxylation is 1. The van der Waals surface area contributed by atoms with E-state index in [-0.39, 0.29) is 0 Å².